The second-order valence-electron chi connectivity index (χ2n) is 6.40. The lowest BCUT2D eigenvalue weighted by Gasteiger charge is -2.16. The predicted octanol–water partition coefficient (Wildman–Crippen LogP) is 3.28. The molecule has 4 N–H and O–H groups in total. The van der Waals surface area contributed by atoms with Crippen LogP contribution >= 0.6 is 11.6 Å². The molecule has 0 spiro atoms. The molecule has 0 radical (unpaired) electrons. The molecule has 0 aliphatic carbocycles. The molecule has 0 aromatic heterocycles. The highest BCUT2D eigenvalue weighted by atomic mass is 35.5. The molecule has 0 atom stereocenters. The molecule has 0 bridgehead atoms. The van der Waals surface area contributed by atoms with Crippen LogP contribution in [0.25, 0.3) is 0 Å². The number of nitrogens with one attached hydrogen (secondary N) is 1. The van der Waals surface area contributed by atoms with E-state index in [9.17, 15) is 21.6 Å². The highest BCUT2D eigenvalue weighted by molar-refractivity contribution is 7.87. The molecule has 0 saturated heterocycles. The molecule has 0 saturated carbocycles. The Labute approximate surface area is 202 Å². The lowest BCUT2D eigenvalue weighted by Crippen LogP contribution is -2.34. The number of guanidine groups is 1. The molecule has 0 unspecified atom stereocenters. The van der Waals surface area contributed by atoms with Gasteiger partial charge in [-0.1, -0.05) is 11.6 Å². The Bertz CT molecular complexity index is 1190. The Morgan fingerprint density at radius 1 is 1.31 bits per heavy atom. The zero-order chi connectivity index (χ0) is 27.0. The molecule has 0 amide bonds. The average molecular weight is 542 g/mol. The molecule has 17 heteroatoms. The summed E-state index contributed by atoms with van der Waals surface area (Å²) in [6.07, 6.45) is -4.76. The van der Waals surface area contributed by atoms with Crippen molar-refractivity contribution < 1.29 is 40.8 Å². The van der Waals surface area contributed by atoms with Crippen LogP contribution in [0.1, 0.15) is 11.1 Å². The van der Waals surface area contributed by atoms with Crippen molar-refractivity contribution >= 4 is 34.4 Å². The van der Waals surface area contributed by atoms with E-state index in [0.29, 0.717) is 17.7 Å². The van der Waals surface area contributed by atoms with Gasteiger partial charge in [-0.15, -0.1) is 10.1 Å². The SMILES string of the molecule is C=NN(CCOc1cc(C)cc(OS(=O)(=O)c2cc(C(F)(F)F)ccc2Cl)c1)C(=N)N.O=[N+]([O-])O. The van der Waals surface area contributed by atoms with Crippen LogP contribution in [0.2, 0.25) is 5.02 Å². The molecule has 0 aliphatic heterocycles. The number of hydrogen-bond donors (Lipinski definition) is 3. The highest BCUT2D eigenvalue weighted by Gasteiger charge is 2.33. The number of hydrazone groups is 1. The van der Waals surface area contributed by atoms with Gasteiger partial charge in [0, 0.05) is 12.8 Å². The molecule has 35 heavy (non-hydrogen) atoms. The third kappa shape index (κ3) is 9.54. The van der Waals surface area contributed by atoms with Gasteiger partial charge in [0.2, 0.25) is 5.96 Å². The molecule has 0 aliphatic rings. The third-order valence-electron chi connectivity index (χ3n) is 3.78. The topological polar surface area (TPSA) is 181 Å². The third-order valence-corrected chi connectivity index (χ3v) is 5.51. The smallest absolute Gasteiger partial charge is 0.416 e. The molecular formula is C18H19ClF3N5O7S. The van der Waals surface area contributed by atoms with Gasteiger partial charge in [-0.05, 0) is 42.8 Å². The lowest BCUT2D eigenvalue weighted by molar-refractivity contribution is -0.742. The van der Waals surface area contributed by atoms with Crippen LogP contribution in [-0.2, 0) is 16.3 Å². The summed E-state index contributed by atoms with van der Waals surface area (Å²) in [7, 11) is -4.67. The molecule has 2 aromatic rings. The summed E-state index contributed by atoms with van der Waals surface area (Å²) < 4.78 is 74.4. The van der Waals surface area contributed by atoms with E-state index in [1.54, 1.807) is 13.0 Å². The van der Waals surface area contributed by atoms with Gasteiger partial charge in [-0.3, -0.25) is 5.41 Å². The van der Waals surface area contributed by atoms with Gasteiger partial charge >= 0.3 is 16.3 Å². The van der Waals surface area contributed by atoms with Gasteiger partial charge in [-0.25, -0.2) is 5.01 Å². The maximum Gasteiger partial charge on any atom is 0.416 e. The normalized spacial score (nSPS) is 11.0. The fourth-order valence-electron chi connectivity index (χ4n) is 2.41. The Morgan fingerprint density at radius 2 is 1.89 bits per heavy atom. The van der Waals surface area contributed by atoms with E-state index in [1.165, 1.54) is 12.1 Å². The number of halogens is 4. The monoisotopic (exact) mass is 541 g/mol. The Morgan fingerprint density at radius 3 is 2.40 bits per heavy atom. The summed E-state index contributed by atoms with van der Waals surface area (Å²) in [5.74, 6) is -0.308. The number of alkyl halides is 3. The van der Waals surface area contributed by atoms with E-state index in [0.717, 1.165) is 11.1 Å². The van der Waals surface area contributed by atoms with Gasteiger partial charge < -0.3 is 19.9 Å². The van der Waals surface area contributed by atoms with Gasteiger partial charge in [0.15, 0.2) is 0 Å². The summed E-state index contributed by atoms with van der Waals surface area (Å²) in [6.45, 7) is 5.02. The zero-order valence-corrected chi connectivity index (χ0v) is 19.4. The van der Waals surface area contributed by atoms with Crippen molar-refractivity contribution in [3.8, 4) is 11.5 Å². The van der Waals surface area contributed by atoms with Crippen LogP contribution in [0, 0.1) is 22.4 Å². The van der Waals surface area contributed by atoms with E-state index < -0.39 is 36.9 Å². The number of aryl methyl sites for hydroxylation is 1. The zero-order valence-electron chi connectivity index (χ0n) is 17.8. The molecule has 2 aromatic carbocycles. The largest absolute Gasteiger partial charge is 0.492 e. The van der Waals surface area contributed by atoms with Gasteiger partial charge in [0.05, 0.1) is 17.1 Å². The fraction of sp³-hybridized carbons (Fsp3) is 0.222. The van der Waals surface area contributed by atoms with Crippen molar-refractivity contribution in [2.75, 3.05) is 13.2 Å². The van der Waals surface area contributed by atoms with Crippen molar-refractivity contribution in [3.63, 3.8) is 0 Å². The quantitative estimate of drug-likeness (QED) is 0.148. The van der Waals surface area contributed by atoms with Crippen molar-refractivity contribution in [2.45, 2.75) is 18.0 Å². The number of hydrogen-bond acceptors (Lipinski definition) is 8. The Balaban J connectivity index is 0.00000142. The summed E-state index contributed by atoms with van der Waals surface area (Å²) in [5, 5.41) is 25.1. The second-order valence-corrected chi connectivity index (χ2v) is 8.32. The van der Waals surface area contributed by atoms with Crippen LogP contribution in [0.4, 0.5) is 13.2 Å². The van der Waals surface area contributed by atoms with Crippen LogP contribution in [-0.4, -0.2) is 49.5 Å². The van der Waals surface area contributed by atoms with Crippen LogP contribution in [0.15, 0.2) is 46.4 Å². The van der Waals surface area contributed by atoms with Gasteiger partial charge in [-0.2, -0.15) is 26.7 Å². The maximum absolute atomic E-state index is 12.9. The summed E-state index contributed by atoms with van der Waals surface area (Å²) in [4.78, 5) is 7.54. The number of nitrogens with zero attached hydrogens (tertiary/aromatic N) is 3. The molecule has 0 fully saturated rings. The first-order chi connectivity index (χ1) is 16.1. The first kappa shape index (κ1) is 29.2. The summed E-state index contributed by atoms with van der Waals surface area (Å²) in [6, 6.07) is 6.09. The van der Waals surface area contributed by atoms with Crippen LogP contribution < -0.4 is 14.7 Å². The number of nitrogens with two attached hydrogens (primary N) is 1. The van der Waals surface area contributed by atoms with Crippen LogP contribution in [0.3, 0.4) is 0 Å². The van der Waals surface area contributed by atoms with E-state index in [2.05, 4.69) is 11.8 Å². The minimum absolute atomic E-state index is 0.0215. The second kappa shape index (κ2) is 12.1. The number of ether oxygens (including phenoxy) is 1. The standard InChI is InChI=1S/C18H18ClF3N4O4S.HNO3/c1-11-7-13(29-6-5-26(25-2)17(23)24)10-14(8-11)30-31(27,28)16-9-12(18(20,21)22)3-4-15(16)19;2-1(3)4/h3-4,7-10H,2,5-6H2,1H3,(H3,23,24);(H,2,3,4). The molecule has 0 heterocycles. The highest BCUT2D eigenvalue weighted by Crippen LogP contribution is 2.34. The molecular weight excluding hydrogens is 523 g/mol. The summed E-state index contributed by atoms with van der Waals surface area (Å²) in [5.41, 5.74) is 4.68. The molecule has 192 valence electrons. The fourth-order valence-corrected chi connectivity index (χ4v) is 3.82. The molecule has 12 nitrogen and oxygen atoms in total. The average Bonchev–Trinajstić information content (AvgIpc) is 2.69. The number of benzene rings is 2. The Hall–Kier alpha value is -3.79. The van der Waals surface area contributed by atoms with Crippen molar-refractivity contribution in [3.05, 3.63) is 62.7 Å². The Kier molecular flexibility index (Phi) is 10.1. The minimum Gasteiger partial charge on any atom is -0.492 e. The lowest BCUT2D eigenvalue weighted by atomic mass is 10.2. The van der Waals surface area contributed by atoms with Gasteiger partial charge in [0.1, 0.15) is 23.0 Å². The summed E-state index contributed by atoms with van der Waals surface area (Å²) >= 11 is 5.80. The van der Waals surface area contributed by atoms with Crippen molar-refractivity contribution in [2.24, 2.45) is 10.8 Å². The maximum atomic E-state index is 12.9. The van der Waals surface area contributed by atoms with Crippen LogP contribution in [0.5, 0.6) is 11.5 Å². The predicted molar refractivity (Wildman–Crippen MR) is 118 cm³/mol. The van der Waals surface area contributed by atoms with Gasteiger partial charge in [0.25, 0.3) is 5.09 Å². The minimum atomic E-state index is -4.76. The molecule has 2 rings (SSSR count). The van der Waals surface area contributed by atoms with E-state index in [-0.39, 0.29) is 30.6 Å². The first-order valence-corrected chi connectivity index (χ1v) is 10.8. The van der Waals surface area contributed by atoms with Crippen molar-refractivity contribution in [1.82, 2.24) is 5.01 Å². The van der Waals surface area contributed by atoms with E-state index in [1.807, 2.05) is 0 Å². The van der Waals surface area contributed by atoms with E-state index in [4.69, 9.17) is 47.0 Å². The first-order valence-electron chi connectivity index (χ1n) is 9.04. The van der Waals surface area contributed by atoms with E-state index >= 15 is 0 Å². The van der Waals surface area contributed by atoms with Crippen molar-refractivity contribution in [1.29, 1.82) is 5.41 Å². The number of rotatable bonds is 8.